The van der Waals surface area contributed by atoms with Crippen LogP contribution in [0.2, 0.25) is 0 Å². The molecule has 0 atom stereocenters. The summed E-state index contributed by atoms with van der Waals surface area (Å²) in [5.41, 5.74) is 1.73. The molecule has 1 aromatic carbocycles. The molecule has 0 amide bonds. The molecule has 0 fully saturated rings. The van der Waals surface area contributed by atoms with Gasteiger partial charge in [-0.15, -0.1) is 0 Å². The Morgan fingerprint density at radius 1 is 1.28 bits per heavy atom. The first kappa shape index (κ1) is 10.7. The van der Waals surface area contributed by atoms with Crippen molar-refractivity contribution < 1.29 is 0 Å². The third kappa shape index (κ3) is 1.60. The van der Waals surface area contributed by atoms with Crippen molar-refractivity contribution in [1.82, 2.24) is 19.5 Å². The zero-order chi connectivity index (χ0) is 12.5. The van der Waals surface area contributed by atoms with Crippen molar-refractivity contribution >= 4 is 11.2 Å². The SMILES string of the molecule is CCn1cnc2[nH]c(-c3ccccc3)nc(=O)c21. The van der Waals surface area contributed by atoms with Gasteiger partial charge in [-0.1, -0.05) is 30.3 Å². The minimum absolute atomic E-state index is 0.248. The molecule has 5 nitrogen and oxygen atoms in total. The number of fused-ring (bicyclic) bond motifs is 1. The molecule has 0 aliphatic rings. The lowest BCUT2D eigenvalue weighted by molar-refractivity contribution is 0.783. The molecule has 0 aliphatic carbocycles. The molecule has 0 unspecified atom stereocenters. The van der Waals surface area contributed by atoms with Crippen molar-refractivity contribution in [3.63, 3.8) is 0 Å². The van der Waals surface area contributed by atoms with Crippen LogP contribution in [0.5, 0.6) is 0 Å². The van der Waals surface area contributed by atoms with E-state index in [4.69, 9.17) is 0 Å². The Bertz CT molecular complexity index is 743. The molecule has 3 aromatic rings. The van der Waals surface area contributed by atoms with E-state index in [9.17, 15) is 4.79 Å². The standard InChI is InChI=1S/C13H12N4O/c1-2-17-8-14-12-10(17)13(18)16-11(15-12)9-6-4-3-5-7-9/h3-8H,2H2,1H3,(H,15,16,18). The molecule has 0 radical (unpaired) electrons. The summed E-state index contributed by atoms with van der Waals surface area (Å²) in [6.45, 7) is 2.66. The highest BCUT2D eigenvalue weighted by atomic mass is 16.1. The van der Waals surface area contributed by atoms with Crippen LogP contribution >= 0.6 is 0 Å². The highest BCUT2D eigenvalue weighted by Gasteiger charge is 2.10. The quantitative estimate of drug-likeness (QED) is 0.743. The second kappa shape index (κ2) is 4.10. The summed E-state index contributed by atoms with van der Waals surface area (Å²) in [4.78, 5) is 23.4. The lowest BCUT2D eigenvalue weighted by Gasteiger charge is -2.01. The van der Waals surface area contributed by atoms with Gasteiger partial charge in [-0.25, -0.2) is 4.98 Å². The summed E-state index contributed by atoms with van der Waals surface area (Å²) in [5, 5.41) is 0. The monoisotopic (exact) mass is 240 g/mol. The Hall–Kier alpha value is -2.43. The summed E-state index contributed by atoms with van der Waals surface area (Å²) in [7, 11) is 0. The maximum Gasteiger partial charge on any atom is 0.299 e. The number of hydrogen-bond donors (Lipinski definition) is 1. The largest absolute Gasteiger partial charge is 0.325 e. The number of nitrogens with one attached hydrogen (secondary N) is 1. The predicted octanol–water partition coefficient (Wildman–Crippen LogP) is 1.81. The smallest absolute Gasteiger partial charge is 0.299 e. The van der Waals surface area contributed by atoms with Crippen LogP contribution in [0.15, 0.2) is 41.5 Å². The Labute approximate surface area is 103 Å². The van der Waals surface area contributed by atoms with Gasteiger partial charge in [0.1, 0.15) is 5.82 Å². The fraction of sp³-hybridized carbons (Fsp3) is 0.154. The molecule has 5 heteroatoms. The van der Waals surface area contributed by atoms with E-state index in [1.54, 1.807) is 10.9 Å². The number of aromatic amines is 1. The first-order valence-electron chi connectivity index (χ1n) is 5.80. The van der Waals surface area contributed by atoms with E-state index < -0.39 is 0 Å². The van der Waals surface area contributed by atoms with Gasteiger partial charge in [-0.2, -0.15) is 4.98 Å². The van der Waals surface area contributed by atoms with E-state index in [2.05, 4.69) is 15.0 Å². The molecule has 2 aromatic heterocycles. The first-order chi connectivity index (χ1) is 8.79. The number of H-pyrrole nitrogens is 1. The fourth-order valence-electron chi connectivity index (χ4n) is 1.97. The Morgan fingerprint density at radius 3 is 2.78 bits per heavy atom. The third-order valence-corrected chi connectivity index (χ3v) is 2.88. The van der Waals surface area contributed by atoms with Crippen LogP contribution in [0.25, 0.3) is 22.6 Å². The van der Waals surface area contributed by atoms with Crippen LogP contribution in [0.3, 0.4) is 0 Å². The van der Waals surface area contributed by atoms with Gasteiger partial charge in [0.15, 0.2) is 11.2 Å². The summed E-state index contributed by atoms with van der Waals surface area (Å²) < 4.78 is 1.79. The second-order valence-corrected chi connectivity index (χ2v) is 3.98. The maximum absolute atomic E-state index is 12.0. The van der Waals surface area contributed by atoms with Crippen LogP contribution in [-0.4, -0.2) is 19.5 Å². The number of aryl methyl sites for hydroxylation is 1. The predicted molar refractivity (Wildman–Crippen MR) is 69.3 cm³/mol. The lowest BCUT2D eigenvalue weighted by Crippen LogP contribution is -2.12. The van der Waals surface area contributed by atoms with Crippen molar-refractivity contribution in [3.8, 4) is 11.4 Å². The average Bonchev–Trinajstić information content (AvgIpc) is 2.83. The number of hydrogen-bond acceptors (Lipinski definition) is 3. The van der Waals surface area contributed by atoms with Gasteiger partial charge in [0.2, 0.25) is 0 Å². The minimum atomic E-state index is -0.248. The molecule has 2 heterocycles. The summed E-state index contributed by atoms with van der Waals surface area (Å²) in [5.74, 6) is 0.550. The van der Waals surface area contributed by atoms with Gasteiger partial charge in [-0.3, -0.25) is 4.79 Å². The van der Waals surface area contributed by atoms with Crippen molar-refractivity contribution in [3.05, 3.63) is 47.0 Å². The Morgan fingerprint density at radius 2 is 2.06 bits per heavy atom. The van der Waals surface area contributed by atoms with Crippen LogP contribution in [0.1, 0.15) is 6.92 Å². The zero-order valence-corrected chi connectivity index (χ0v) is 9.92. The van der Waals surface area contributed by atoms with Crippen molar-refractivity contribution in [2.24, 2.45) is 0 Å². The molecule has 0 bridgehead atoms. The van der Waals surface area contributed by atoms with E-state index in [1.807, 2.05) is 37.3 Å². The Kier molecular flexibility index (Phi) is 2.44. The van der Waals surface area contributed by atoms with Crippen LogP contribution in [0, 0.1) is 0 Å². The van der Waals surface area contributed by atoms with E-state index >= 15 is 0 Å². The first-order valence-corrected chi connectivity index (χ1v) is 5.80. The molecule has 0 saturated heterocycles. The van der Waals surface area contributed by atoms with Crippen LogP contribution in [-0.2, 0) is 6.54 Å². The van der Waals surface area contributed by atoms with E-state index in [1.165, 1.54) is 0 Å². The molecular formula is C13H12N4O. The van der Waals surface area contributed by atoms with Gasteiger partial charge < -0.3 is 9.55 Å². The van der Waals surface area contributed by atoms with Crippen molar-refractivity contribution in [2.75, 3.05) is 0 Å². The number of imidazole rings is 1. The van der Waals surface area contributed by atoms with Crippen molar-refractivity contribution in [1.29, 1.82) is 0 Å². The Balaban J connectivity index is 2.26. The van der Waals surface area contributed by atoms with Gasteiger partial charge >= 0.3 is 0 Å². The van der Waals surface area contributed by atoms with Gasteiger partial charge in [0.25, 0.3) is 5.56 Å². The molecule has 1 N–H and O–H groups in total. The average molecular weight is 240 g/mol. The van der Waals surface area contributed by atoms with Gasteiger partial charge in [-0.05, 0) is 6.92 Å². The summed E-state index contributed by atoms with van der Waals surface area (Å²) in [6, 6.07) is 9.54. The number of nitrogens with zero attached hydrogens (tertiary/aromatic N) is 3. The normalized spacial score (nSPS) is 10.9. The fourth-order valence-corrected chi connectivity index (χ4v) is 1.97. The van der Waals surface area contributed by atoms with Crippen LogP contribution < -0.4 is 5.56 Å². The molecule has 0 saturated carbocycles. The minimum Gasteiger partial charge on any atom is -0.325 e. The molecular weight excluding hydrogens is 228 g/mol. The van der Waals surface area contributed by atoms with Crippen LogP contribution in [0.4, 0.5) is 0 Å². The molecule has 0 spiro atoms. The second-order valence-electron chi connectivity index (χ2n) is 3.98. The van der Waals surface area contributed by atoms with E-state index in [0.717, 1.165) is 5.56 Å². The highest BCUT2D eigenvalue weighted by molar-refractivity contribution is 5.72. The number of rotatable bonds is 2. The van der Waals surface area contributed by atoms with Gasteiger partial charge in [0.05, 0.1) is 6.33 Å². The number of aromatic nitrogens is 4. The zero-order valence-electron chi connectivity index (χ0n) is 9.92. The highest BCUT2D eigenvalue weighted by Crippen LogP contribution is 2.14. The molecule has 18 heavy (non-hydrogen) atoms. The number of benzene rings is 1. The van der Waals surface area contributed by atoms with E-state index in [-0.39, 0.29) is 5.56 Å². The third-order valence-electron chi connectivity index (χ3n) is 2.88. The lowest BCUT2D eigenvalue weighted by atomic mass is 10.2. The molecule has 0 aliphatic heterocycles. The topological polar surface area (TPSA) is 63.6 Å². The summed E-state index contributed by atoms with van der Waals surface area (Å²) in [6.07, 6.45) is 1.65. The van der Waals surface area contributed by atoms with Gasteiger partial charge in [0, 0.05) is 12.1 Å². The molecule has 90 valence electrons. The van der Waals surface area contributed by atoms with E-state index in [0.29, 0.717) is 23.5 Å². The summed E-state index contributed by atoms with van der Waals surface area (Å²) >= 11 is 0. The molecule has 3 rings (SSSR count). The van der Waals surface area contributed by atoms with Crippen molar-refractivity contribution in [2.45, 2.75) is 13.5 Å². The maximum atomic E-state index is 12.0.